The number of carbonyl (C=O) groups is 1. The zero-order valence-corrected chi connectivity index (χ0v) is 17.6. The van der Waals surface area contributed by atoms with Crippen molar-refractivity contribution in [3.05, 3.63) is 58.9 Å². The number of nitrogens with zero attached hydrogens (tertiary/aromatic N) is 3. The number of benzene rings is 2. The van der Waals surface area contributed by atoms with E-state index in [2.05, 4.69) is 10.1 Å². The lowest BCUT2D eigenvalue weighted by Gasteiger charge is -2.22. The molecule has 30 heavy (non-hydrogen) atoms. The van der Waals surface area contributed by atoms with Crippen molar-refractivity contribution >= 4 is 17.5 Å². The van der Waals surface area contributed by atoms with Crippen LogP contribution in [0.5, 0.6) is 11.5 Å². The van der Waals surface area contributed by atoms with Gasteiger partial charge in [-0.1, -0.05) is 28.9 Å². The monoisotopic (exact) mass is 427 g/mol. The second-order valence-corrected chi connectivity index (χ2v) is 7.40. The Kier molecular flexibility index (Phi) is 5.90. The summed E-state index contributed by atoms with van der Waals surface area (Å²) < 4.78 is 16.5. The highest BCUT2D eigenvalue weighted by atomic mass is 35.5. The maximum absolute atomic E-state index is 12.5. The summed E-state index contributed by atoms with van der Waals surface area (Å²) in [5.41, 5.74) is 1.70. The highest BCUT2D eigenvalue weighted by molar-refractivity contribution is 6.30. The van der Waals surface area contributed by atoms with Crippen LogP contribution >= 0.6 is 11.6 Å². The molecule has 1 amide bonds. The number of hydrogen-bond acceptors (Lipinski definition) is 6. The van der Waals surface area contributed by atoms with Crippen molar-refractivity contribution < 1.29 is 18.8 Å². The molecule has 4 rings (SSSR count). The molecule has 1 saturated heterocycles. The van der Waals surface area contributed by atoms with E-state index >= 15 is 0 Å². The second kappa shape index (κ2) is 8.75. The highest BCUT2D eigenvalue weighted by Crippen LogP contribution is 2.36. The first-order chi connectivity index (χ1) is 14.6. The Morgan fingerprint density at radius 3 is 2.87 bits per heavy atom. The third-order valence-corrected chi connectivity index (χ3v) is 5.25. The average Bonchev–Trinajstić information content (AvgIpc) is 3.36. The van der Waals surface area contributed by atoms with Crippen LogP contribution in [0.25, 0.3) is 11.4 Å². The molecule has 0 radical (unpaired) electrons. The van der Waals surface area contributed by atoms with Crippen LogP contribution < -0.4 is 9.47 Å². The molecule has 1 fully saturated rings. The number of amides is 1. The standard InChI is InChI=1S/C22H22ClN3O4/c1-3-29-18-9-7-15(12-19(18)28-2)21-24-22(30-25-21)17-8-10-20(27)26(17)13-14-5-4-6-16(23)11-14/h4-7,9,11-12,17H,3,8,10,13H2,1-2H3. The van der Waals surface area contributed by atoms with Gasteiger partial charge < -0.3 is 18.9 Å². The SMILES string of the molecule is CCOc1ccc(-c2noc(C3CCC(=O)N3Cc3cccc(Cl)c3)n2)cc1OC. The first kappa shape index (κ1) is 20.2. The highest BCUT2D eigenvalue weighted by Gasteiger charge is 2.36. The second-order valence-electron chi connectivity index (χ2n) is 6.96. The maximum atomic E-state index is 12.5. The lowest BCUT2D eigenvalue weighted by molar-refractivity contribution is -0.129. The van der Waals surface area contributed by atoms with E-state index in [1.165, 1.54) is 0 Å². The molecular formula is C22H22ClN3O4. The minimum atomic E-state index is -0.262. The zero-order chi connectivity index (χ0) is 21.1. The van der Waals surface area contributed by atoms with Crippen molar-refractivity contribution in [3.63, 3.8) is 0 Å². The lowest BCUT2D eigenvalue weighted by Crippen LogP contribution is -2.27. The Labute approximate surface area is 179 Å². The molecule has 2 heterocycles. The number of halogens is 1. The summed E-state index contributed by atoms with van der Waals surface area (Å²) in [6.07, 6.45) is 1.08. The van der Waals surface area contributed by atoms with E-state index in [-0.39, 0.29) is 11.9 Å². The van der Waals surface area contributed by atoms with Crippen molar-refractivity contribution in [2.75, 3.05) is 13.7 Å². The summed E-state index contributed by atoms with van der Waals surface area (Å²) in [7, 11) is 1.58. The van der Waals surface area contributed by atoms with Gasteiger partial charge in [0.2, 0.25) is 17.6 Å². The van der Waals surface area contributed by atoms with Gasteiger partial charge in [0, 0.05) is 23.6 Å². The van der Waals surface area contributed by atoms with Crippen LogP contribution in [0.4, 0.5) is 0 Å². The number of hydrogen-bond donors (Lipinski definition) is 0. The van der Waals surface area contributed by atoms with Gasteiger partial charge in [-0.2, -0.15) is 4.98 Å². The molecule has 0 aliphatic carbocycles. The Hall–Kier alpha value is -3.06. The summed E-state index contributed by atoms with van der Waals surface area (Å²) >= 11 is 6.08. The molecule has 0 N–H and O–H groups in total. The summed E-state index contributed by atoms with van der Waals surface area (Å²) in [5, 5.41) is 4.76. The maximum Gasteiger partial charge on any atom is 0.249 e. The Bertz CT molecular complexity index is 1050. The number of likely N-dealkylation sites (tertiary alicyclic amines) is 1. The van der Waals surface area contributed by atoms with Crippen LogP contribution in [0.2, 0.25) is 5.02 Å². The molecule has 0 spiro atoms. The fourth-order valence-electron chi connectivity index (χ4n) is 3.59. The van der Waals surface area contributed by atoms with Crippen LogP contribution in [0.1, 0.15) is 37.3 Å². The van der Waals surface area contributed by atoms with E-state index < -0.39 is 0 Å². The molecule has 2 aromatic carbocycles. The Morgan fingerprint density at radius 2 is 2.10 bits per heavy atom. The number of methoxy groups -OCH3 is 1. The zero-order valence-electron chi connectivity index (χ0n) is 16.8. The minimum Gasteiger partial charge on any atom is -0.493 e. The Balaban J connectivity index is 1.57. The van der Waals surface area contributed by atoms with E-state index in [1.54, 1.807) is 12.0 Å². The largest absolute Gasteiger partial charge is 0.493 e. The van der Waals surface area contributed by atoms with Crippen molar-refractivity contribution in [1.82, 2.24) is 15.0 Å². The van der Waals surface area contributed by atoms with Crippen LogP contribution in [0.3, 0.4) is 0 Å². The molecular weight excluding hydrogens is 406 g/mol. The predicted molar refractivity (Wildman–Crippen MR) is 111 cm³/mol. The molecule has 1 unspecified atom stereocenters. The molecule has 7 nitrogen and oxygen atoms in total. The summed E-state index contributed by atoms with van der Waals surface area (Å²) in [6.45, 7) is 2.90. The molecule has 1 aliphatic heterocycles. The predicted octanol–water partition coefficient (Wildman–Crippen LogP) is 4.66. The lowest BCUT2D eigenvalue weighted by atomic mass is 10.1. The summed E-state index contributed by atoms with van der Waals surface area (Å²) in [6, 6.07) is 12.7. The quantitative estimate of drug-likeness (QED) is 0.545. The third kappa shape index (κ3) is 4.11. The Morgan fingerprint density at radius 1 is 1.23 bits per heavy atom. The van der Waals surface area contributed by atoms with Gasteiger partial charge in [0.05, 0.1) is 13.7 Å². The van der Waals surface area contributed by atoms with Gasteiger partial charge in [0.15, 0.2) is 11.5 Å². The smallest absolute Gasteiger partial charge is 0.249 e. The minimum absolute atomic E-state index is 0.0578. The third-order valence-electron chi connectivity index (χ3n) is 5.02. The number of aromatic nitrogens is 2. The van der Waals surface area contributed by atoms with E-state index in [9.17, 15) is 4.79 Å². The van der Waals surface area contributed by atoms with Gasteiger partial charge in [-0.05, 0) is 49.2 Å². The van der Waals surface area contributed by atoms with Crippen molar-refractivity contribution in [2.45, 2.75) is 32.4 Å². The van der Waals surface area contributed by atoms with Crippen molar-refractivity contribution in [1.29, 1.82) is 0 Å². The van der Waals surface area contributed by atoms with E-state index in [4.69, 9.17) is 25.6 Å². The fraction of sp³-hybridized carbons (Fsp3) is 0.318. The van der Waals surface area contributed by atoms with Gasteiger partial charge in [-0.25, -0.2) is 0 Å². The molecule has 8 heteroatoms. The van der Waals surface area contributed by atoms with Gasteiger partial charge in [0.1, 0.15) is 6.04 Å². The van der Waals surface area contributed by atoms with Crippen molar-refractivity contribution in [3.8, 4) is 22.9 Å². The van der Waals surface area contributed by atoms with E-state index in [0.29, 0.717) is 54.2 Å². The van der Waals surface area contributed by atoms with Gasteiger partial charge >= 0.3 is 0 Å². The molecule has 1 aromatic heterocycles. The summed E-state index contributed by atoms with van der Waals surface area (Å²) in [4.78, 5) is 18.8. The van der Waals surface area contributed by atoms with Crippen molar-refractivity contribution in [2.24, 2.45) is 0 Å². The molecule has 0 saturated carbocycles. The van der Waals surface area contributed by atoms with E-state index in [0.717, 1.165) is 11.1 Å². The van der Waals surface area contributed by atoms with E-state index in [1.807, 2.05) is 49.4 Å². The number of carbonyl (C=O) groups excluding carboxylic acids is 1. The fourth-order valence-corrected chi connectivity index (χ4v) is 3.80. The number of ether oxygens (including phenoxy) is 2. The molecule has 0 bridgehead atoms. The number of rotatable bonds is 7. The van der Waals surface area contributed by atoms with Crippen LogP contribution in [0, 0.1) is 0 Å². The summed E-state index contributed by atoms with van der Waals surface area (Å²) in [5.74, 6) is 2.17. The van der Waals surface area contributed by atoms with Crippen LogP contribution in [0.15, 0.2) is 47.0 Å². The first-order valence-electron chi connectivity index (χ1n) is 9.77. The normalized spacial score (nSPS) is 16.2. The topological polar surface area (TPSA) is 77.7 Å². The molecule has 156 valence electrons. The van der Waals surface area contributed by atoms with Crippen LogP contribution in [-0.2, 0) is 11.3 Å². The van der Waals surface area contributed by atoms with Gasteiger partial charge in [0.25, 0.3) is 0 Å². The molecule has 1 atom stereocenters. The van der Waals surface area contributed by atoms with Gasteiger partial charge in [-0.15, -0.1) is 0 Å². The molecule has 3 aromatic rings. The van der Waals surface area contributed by atoms with Gasteiger partial charge in [-0.3, -0.25) is 4.79 Å². The molecule has 1 aliphatic rings. The first-order valence-corrected chi connectivity index (χ1v) is 10.2. The van der Waals surface area contributed by atoms with Crippen LogP contribution in [-0.4, -0.2) is 34.7 Å². The average molecular weight is 428 g/mol.